The van der Waals surface area contributed by atoms with Crippen LogP contribution in [0.2, 0.25) is 10.0 Å². The van der Waals surface area contributed by atoms with E-state index in [9.17, 15) is 13.2 Å². The number of sulfonamides is 1. The lowest BCUT2D eigenvalue weighted by molar-refractivity contribution is 0.102. The van der Waals surface area contributed by atoms with Gasteiger partial charge in [0.25, 0.3) is 15.9 Å². The number of aryl methyl sites for hydroxylation is 2. The molecule has 1 heterocycles. The highest BCUT2D eigenvalue weighted by Gasteiger charge is 2.17. The molecule has 2 N–H and O–H groups in total. The Morgan fingerprint density at radius 2 is 1.94 bits per heavy atom. The summed E-state index contributed by atoms with van der Waals surface area (Å²) in [6, 6.07) is 13.7. The largest absolute Gasteiger partial charge is 0.307 e. The van der Waals surface area contributed by atoms with E-state index in [2.05, 4.69) is 15.1 Å². The van der Waals surface area contributed by atoms with Gasteiger partial charge in [-0.25, -0.2) is 13.1 Å². The first-order chi connectivity index (χ1) is 14.7. The van der Waals surface area contributed by atoms with Gasteiger partial charge in [0.1, 0.15) is 5.82 Å². The zero-order valence-electron chi connectivity index (χ0n) is 16.3. The van der Waals surface area contributed by atoms with Crippen LogP contribution in [0.15, 0.2) is 53.4 Å². The number of carbonyl (C=O) groups excluding carboxylic acids is 1. The molecule has 0 unspecified atom stereocenters. The summed E-state index contributed by atoms with van der Waals surface area (Å²) in [6.07, 6.45) is 0.246. The molecule has 1 aromatic heterocycles. The minimum absolute atomic E-state index is 0.0615. The Morgan fingerprint density at radius 3 is 2.65 bits per heavy atom. The summed E-state index contributed by atoms with van der Waals surface area (Å²) in [7, 11) is -3.94. The molecule has 0 atom stereocenters. The number of halogens is 2. The van der Waals surface area contributed by atoms with E-state index < -0.39 is 15.9 Å². The number of nitrogens with one attached hydrogen (secondary N) is 2. The predicted molar refractivity (Wildman–Crippen MR) is 119 cm³/mol. The van der Waals surface area contributed by atoms with Gasteiger partial charge in [-0.15, -0.1) is 0 Å². The van der Waals surface area contributed by atoms with Gasteiger partial charge in [0.15, 0.2) is 0 Å². The average molecular weight is 478 g/mol. The Bertz CT molecular complexity index is 1280. The van der Waals surface area contributed by atoms with Gasteiger partial charge in [-0.05, 0) is 43.3 Å². The van der Waals surface area contributed by atoms with Gasteiger partial charge < -0.3 is 5.32 Å². The third-order valence-corrected chi connectivity index (χ3v) is 6.28. The van der Waals surface area contributed by atoms with Gasteiger partial charge in [-0.1, -0.05) is 29.3 Å². The van der Waals surface area contributed by atoms with Crippen LogP contribution >= 0.6 is 23.2 Å². The molecular formula is C20H17Cl2N5O3S. The van der Waals surface area contributed by atoms with Crippen LogP contribution in [0.25, 0.3) is 0 Å². The molecule has 0 saturated carbocycles. The van der Waals surface area contributed by atoms with Crippen molar-refractivity contribution in [3.05, 3.63) is 69.8 Å². The van der Waals surface area contributed by atoms with Crippen molar-refractivity contribution >= 4 is 50.6 Å². The van der Waals surface area contributed by atoms with Crippen molar-refractivity contribution in [2.24, 2.45) is 0 Å². The van der Waals surface area contributed by atoms with Gasteiger partial charge in [0.2, 0.25) is 0 Å². The van der Waals surface area contributed by atoms with Crippen LogP contribution in [-0.2, 0) is 16.6 Å². The Hall–Kier alpha value is -3.06. The maximum Gasteiger partial charge on any atom is 0.261 e. The maximum atomic E-state index is 12.7. The average Bonchev–Trinajstić information content (AvgIpc) is 3.07. The summed E-state index contributed by atoms with van der Waals surface area (Å²) in [4.78, 5) is 12.6. The number of carbonyl (C=O) groups is 1. The molecule has 0 radical (unpaired) electrons. The lowest BCUT2D eigenvalue weighted by Crippen LogP contribution is -2.17. The van der Waals surface area contributed by atoms with E-state index in [-0.39, 0.29) is 32.6 Å². The molecule has 0 fully saturated rings. The van der Waals surface area contributed by atoms with E-state index in [0.717, 1.165) is 0 Å². The van der Waals surface area contributed by atoms with Gasteiger partial charge in [0.05, 0.1) is 39.7 Å². The summed E-state index contributed by atoms with van der Waals surface area (Å²) in [5, 5.41) is 16.1. The molecule has 0 spiro atoms. The third-order valence-electron chi connectivity index (χ3n) is 4.16. The summed E-state index contributed by atoms with van der Waals surface area (Å²) in [6.45, 7) is 2.11. The number of rotatable bonds is 7. The van der Waals surface area contributed by atoms with Gasteiger partial charge in [0, 0.05) is 17.3 Å². The SMILES string of the molecule is Cc1cc(NC(=O)c2cccc(NS(=O)(=O)c3ccc(Cl)c(Cl)c3)c2)n(CCC#N)n1. The molecule has 0 saturated heterocycles. The molecule has 31 heavy (non-hydrogen) atoms. The first kappa shape index (κ1) is 22.6. The molecule has 3 rings (SSSR count). The summed E-state index contributed by atoms with van der Waals surface area (Å²) in [5.74, 6) is -0.00627. The van der Waals surface area contributed by atoms with Crippen LogP contribution in [0.3, 0.4) is 0 Å². The number of hydrogen-bond donors (Lipinski definition) is 2. The molecule has 1 amide bonds. The third kappa shape index (κ3) is 5.55. The molecule has 0 aliphatic carbocycles. The summed E-state index contributed by atoms with van der Waals surface area (Å²) in [5.41, 5.74) is 1.13. The van der Waals surface area contributed by atoms with Crippen molar-refractivity contribution in [2.45, 2.75) is 24.8 Å². The number of amides is 1. The lowest BCUT2D eigenvalue weighted by atomic mass is 10.2. The van der Waals surface area contributed by atoms with E-state index in [1.165, 1.54) is 35.0 Å². The monoisotopic (exact) mass is 477 g/mol. The zero-order valence-corrected chi connectivity index (χ0v) is 18.6. The van der Waals surface area contributed by atoms with E-state index in [4.69, 9.17) is 28.5 Å². The lowest BCUT2D eigenvalue weighted by Gasteiger charge is -2.11. The van der Waals surface area contributed by atoms with Crippen LogP contribution in [0.1, 0.15) is 22.5 Å². The van der Waals surface area contributed by atoms with Gasteiger partial charge in [-0.3, -0.25) is 9.52 Å². The first-order valence-corrected chi connectivity index (χ1v) is 11.2. The minimum atomic E-state index is -3.94. The van der Waals surface area contributed by atoms with E-state index in [1.807, 2.05) is 6.07 Å². The fourth-order valence-electron chi connectivity index (χ4n) is 2.74. The predicted octanol–water partition coefficient (Wildman–Crippen LogP) is 4.47. The number of benzene rings is 2. The standard InChI is InChI=1S/C20H17Cl2N5O3S/c1-13-10-19(27(25-13)9-3-8-23)24-20(28)14-4-2-5-15(11-14)26-31(29,30)16-6-7-17(21)18(22)12-16/h2,4-7,10-12,26H,3,9H2,1H3,(H,24,28). The fraction of sp³-hybridized carbons (Fsp3) is 0.150. The number of anilines is 2. The fourth-order valence-corrected chi connectivity index (χ4v) is 4.18. The van der Waals surface area contributed by atoms with Crippen LogP contribution < -0.4 is 10.0 Å². The topological polar surface area (TPSA) is 117 Å². The molecule has 8 nitrogen and oxygen atoms in total. The van der Waals surface area contributed by atoms with Crippen molar-refractivity contribution < 1.29 is 13.2 Å². The zero-order chi connectivity index (χ0) is 22.6. The van der Waals surface area contributed by atoms with E-state index >= 15 is 0 Å². The molecule has 0 aliphatic rings. The molecule has 11 heteroatoms. The van der Waals surface area contributed by atoms with Crippen LogP contribution in [0.4, 0.5) is 11.5 Å². The Balaban J connectivity index is 1.79. The number of nitriles is 1. The van der Waals surface area contributed by atoms with Crippen LogP contribution in [-0.4, -0.2) is 24.1 Å². The number of nitrogens with zero attached hydrogens (tertiary/aromatic N) is 3. The Kier molecular flexibility index (Phi) is 6.85. The second-order valence-electron chi connectivity index (χ2n) is 6.52. The quantitative estimate of drug-likeness (QED) is 0.520. The maximum absolute atomic E-state index is 12.7. The first-order valence-electron chi connectivity index (χ1n) is 9.00. The highest BCUT2D eigenvalue weighted by atomic mass is 35.5. The van der Waals surface area contributed by atoms with Crippen LogP contribution in [0, 0.1) is 18.3 Å². The smallest absolute Gasteiger partial charge is 0.261 e. The van der Waals surface area contributed by atoms with Crippen molar-refractivity contribution in [2.75, 3.05) is 10.0 Å². The van der Waals surface area contributed by atoms with Crippen LogP contribution in [0.5, 0.6) is 0 Å². The summed E-state index contributed by atoms with van der Waals surface area (Å²) >= 11 is 11.8. The summed E-state index contributed by atoms with van der Waals surface area (Å²) < 4.78 is 29.2. The number of hydrogen-bond acceptors (Lipinski definition) is 5. The molecule has 2 aromatic carbocycles. The number of aromatic nitrogens is 2. The van der Waals surface area contributed by atoms with Crippen molar-refractivity contribution in [1.29, 1.82) is 5.26 Å². The van der Waals surface area contributed by atoms with Gasteiger partial charge in [-0.2, -0.15) is 10.4 Å². The van der Waals surface area contributed by atoms with Crippen molar-refractivity contribution in [1.82, 2.24) is 9.78 Å². The Labute approximate surface area is 189 Å². The normalized spacial score (nSPS) is 11.0. The molecule has 0 aliphatic heterocycles. The van der Waals surface area contributed by atoms with E-state index in [0.29, 0.717) is 18.1 Å². The molecule has 0 bridgehead atoms. The second kappa shape index (κ2) is 9.39. The van der Waals surface area contributed by atoms with Gasteiger partial charge >= 0.3 is 0 Å². The minimum Gasteiger partial charge on any atom is -0.307 e. The molecular weight excluding hydrogens is 461 g/mol. The Morgan fingerprint density at radius 1 is 1.16 bits per heavy atom. The van der Waals surface area contributed by atoms with Crippen molar-refractivity contribution in [3.8, 4) is 6.07 Å². The molecule has 3 aromatic rings. The van der Waals surface area contributed by atoms with E-state index in [1.54, 1.807) is 25.1 Å². The second-order valence-corrected chi connectivity index (χ2v) is 9.02. The highest BCUT2D eigenvalue weighted by Crippen LogP contribution is 2.26. The van der Waals surface area contributed by atoms with Crippen molar-refractivity contribution in [3.63, 3.8) is 0 Å². The highest BCUT2D eigenvalue weighted by molar-refractivity contribution is 7.92. The molecule has 160 valence electrons.